The zero-order valence-electron chi connectivity index (χ0n) is 17.4. The molecular weight excluding hydrogens is 436 g/mol. The molecular formula is C26H18F4O3. The highest BCUT2D eigenvalue weighted by atomic mass is 19.4. The third-order valence-electron chi connectivity index (χ3n) is 5.39. The van der Waals surface area contributed by atoms with Gasteiger partial charge < -0.3 is 9.84 Å². The average molecular weight is 454 g/mol. The van der Waals surface area contributed by atoms with Crippen LogP contribution in [0.5, 0.6) is 11.5 Å². The zero-order chi connectivity index (χ0) is 23.8. The second kappa shape index (κ2) is 8.58. The molecule has 1 aliphatic rings. The zero-order valence-corrected chi connectivity index (χ0v) is 17.4. The van der Waals surface area contributed by atoms with Crippen molar-refractivity contribution in [2.75, 3.05) is 0 Å². The summed E-state index contributed by atoms with van der Waals surface area (Å²) in [6, 6.07) is 15.7. The molecule has 0 aliphatic heterocycles. The first-order chi connectivity index (χ1) is 15.6. The second-order valence-electron chi connectivity index (χ2n) is 7.62. The number of ether oxygens (including phenoxy) is 1. The van der Waals surface area contributed by atoms with Crippen LogP contribution in [-0.4, -0.2) is 11.1 Å². The molecule has 0 saturated heterocycles. The number of allylic oxidation sites excluding steroid dienone is 2. The highest BCUT2D eigenvalue weighted by molar-refractivity contribution is 6.07. The largest absolute Gasteiger partial charge is 0.481 e. The summed E-state index contributed by atoms with van der Waals surface area (Å²) in [5.74, 6) is -0.705. The minimum Gasteiger partial charge on any atom is -0.481 e. The van der Waals surface area contributed by atoms with E-state index in [1.807, 2.05) is 13.0 Å². The summed E-state index contributed by atoms with van der Waals surface area (Å²) in [4.78, 5) is 11.3. The van der Waals surface area contributed by atoms with Gasteiger partial charge in [0.05, 0.1) is 12.0 Å². The lowest BCUT2D eigenvalue weighted by Crippen LogP contribution is -2.03. The van der Waals surface area contributed by atoms with Gasteiger partial charge >= 0.3 is 12.1 Å². The lowest BCUT2D eigenvalue weighted by molar-refractivity contribution is -0.138. The fourth-order valence-electron chi connectivity index (χ4n) is 3.78. The maximum atomic E-state index is 13.8. The van der Waals surface area contributed by atoms with Gasteiger partial charge in [0.15, 0.2) is 0 Å². The number of benzene rings is 3. The highest BCUT2D eigenvalue weighted by Gasteiger charge is 2.30. The Morgan fingerprint density at radius 1 is 0.939 bits per heavy atom. The predicted octanol–water partition coefficient (Wildman–Crippen LogP) is 7.44. The number of hydrogen-bond donors (Lipinski definition) is 1. The molecule has 7 heteroatoms. The smallest absolute Gasteiger partial charge is 0.416 e. The lowest BCUT2D eigenvalue weighted by Gasteiger charge is -2.09. The van der Waals surface area contributed by atoms with Crippen molar-refractivity contribution in [2.45, 2.75) is 19.5 Å². The summed E-state index contributed by atoms with van der Waals surface area (Å²) in [6.45, 7) is 1.81. The van der Waals surface area contributed by atoms with Crippen molar-refractivity contribution in [1.29, 1.82) is 0 Å². The number of carboxylic acids is 1. The topological polar surface area (TPSA) is 46.5 Å². The number of halogens is 4. The number of rotatable bonds is 5. The van der Waals surface area contributed by atoms with Gasteiger partial charge in [-0.15, -0.1) is 0 Å². The first-order valence-electron chi connectivity index (χ1n) is 10.0. The molecule has 0 amide bonds. The van der Waals surface area contributed by atoms with E-state index in [4.69, 9.17) is 4.74 Å². The number of carboxylic acid groups (broad SMARTS) is 1. The van der Waals surface area contributed by atoms with Crippen LogP contribution in [0, 0.1) is 5.82 Å². The second-order valence-corrected chi connectivity index (χ2v) is 7.62. The van der Waals surface area contributed by atoms with Crippen molar-refractivity contribution in [2.24, 2.45) is 0 Å². The van der Waals surface area contributed by atoms with E-state index >= 15 is 0 Å². The Hall–Kier alpha value is -3.87. The summed E-state index contributed by atoms with van der Waals surface area (Å²) >= 11 is 0. The Kier molecular flexibility index (Phi) is 5.80. The third kappa shape index (κ3) is 4.82. The van der Waals surface area contributed by atoms with Gasteiger partial charge in [-0.1, -0.05) is 18.2 Å². The fraction of sp³-hybridized carbons (Fsp3) is 0.115. The normalized spacial score (nSPS) is 14.5. The van der Waals surface area contributed by atoms with E-state index in [2.05, 4.69) is 0 Å². The minimum absolute atomic E-state index is 0.209. The van der Waals surface area contributed by atoms with Gasteiger partial charge in [0.1, 0.15) is 17.3 Å². The molecule has 0 fully saturated rings. The number of fused-ring (bicyclic) bond motifs is 1. The van der Waals surface area contributed by atoms with E-state index in [1.54, 1.807) is 30.3 Å². The SMILES string of the molecule is CC1=C(CC(=O)O)c2cc(F)ccc2/C1=C\c1ccc(Oc2ccc(C(F)(F)F)cc2)cc1. The Balaban J connectivity index is 1.59. The van der Waals surface area contributed by atoms with Gasteiger partial charge in [0.2, 0.25) is 0 Å². The molecule has 0 spiro atoms. The highest BCUT2D eigenvalue weighted by Crippen LogP contribution is 2.44. The van der Waals surface area contributed by atoms with Gasteiger partial charge in [-0.3, -0.25) is 4.79 Å². The van der Waals surface area contributed by atoms with Gasteiger partial charge in [-0.25, -0.2) is 4.39 Å². The molecule has 0 heterocycles. The van der Waals surface area contributed by atoms with Crippen LogP contribution in [0.2, 0.25) is 0 Å². The van der Waals surface area contributed by atoms with Crippen molar-refractivity contribution in [3.63, 3.8) is 0 Å². The van der Waals surface area contributed by atoms with E-state index < -0.39 is 23.5 Å². The van der Waals surface area contributed by atoms with E-state index in [9.17, 15) is 27.5 Å². The van der Waals surface area contributed by atoms with Gasteiger partial charge in [0.25, 0.3) is 0 Å². The predicted molar refractivity (Wildman–Crippen MR) is 117 cm³/mol. The molecule has 3 nitrogen and oxygen atoms in total. The maximum Gasteiger partial charge on any atom is 0.416 e. The van der Waals surface area contributed by atoms with E-state index in [0.29, 0.717) is 16.9 Å². The van der Waals surface area contributed by atoms with Crippen LogP contribution in [0.15, 0.2) is 72.3 Å². The first-order valence-corrected chi connectivity index (χ1v) is 10.0. The molecule has 1 aliphatic carbocycles. The lowest BCUT2D eigenvalue weighted by atomic mass is 10.0. The van der Waals surface area contributed by atoms with Crippen LogP contribution in [0.4, 0.5) is 17.6 Å². The van der Waals surface area contributed by atoms with Crippen molar-refractivity contribution < 1.29 is 32.2 Å². The van der Waals surface area contributed by atoms with Crippen molar-refractivity contribution >= 4 is 23.2 Å². The fourth-order valence-corrected chi connectivity index (χ4v) is 3.78. The number of alkyl halides is 3. The molecule has 0 unspecified atom stereocenters. The summed E-state index contributed by atoms with van der Waals surface area (Å²) in [5.41, 5.74) is 3.53. The number of carbonyl (C=O) groups is 1. The molecule has 3 aromatic rings. The minimum atomic E-state index is -4.41. The summed E-state index contributed by atoms with van der Waals surface area (Å²) in [6.07, 6.45) is -2.74. The van der Waals surface area contributed by atoms with Crippen LogP contribution < -0.4 is 4.74 Å². The molecule has 0 aromatic heterocycles. The number of aliphatic carboxylic acids is 1. The average Bonchev–Trinajstić information content (AvgIpc) is 2.99. The van der Waals surface area contributed by atoms with Crippen molar-refractivity contribution in [3.05, 3.63) is 100 Å². The molecule has 33 heavy (non-hydrogen) atoms. The summed E-state index contributed by atoms with van der Waals surface area (Å²) in [5, 5.41) is 9.25. The van der Waals surface area contributed by atoms with Gasteiger partial charge in [-0.05, 0) is 94.9 Å². The maximum absolute atomic E-state index is 13.8. The monoisotopic (exact) mass is 454 g/mol. The molecule has 0 atom stereocenters. The van der Waals surface area contributed by atoms with E-state index in [1.165, 1.54) is 24.3 Å². The Morgan fingerprint density at radius 3 is 2.12 bits per heavy atom. The quantitative estimate of drug-likeness (QED) is 0.408. The summed E-state index contributed by atoms with van der Waals surface area (Å²) < 4.78 is 57.5. The molecule has 168 valence electrons. The third-order valence-corrected chi connectivity index (χ3v) is 5.39. The van der Waals surface area contributed by atoms with Crippen molar-refractivity contribution in [3.8, 4) is 11.5 Å². The van der Waals surface area contributed by atoms with Crippen LogP contribution >= 0.6 is 0 Å². The Bertz CT molecular complexity index is 1270. The van der Waals surface area contributed by atoms with Crippen molar-refractivity contribution in [1.82, 2.24) is 0 Å². The molecule has 1 N–H and O–H groups in total. The van der Waals surface area contributed by atoms with Crippen LogP contribution in [0.25, 0.3) is 17.2 Å². The Morgan fingerprint density at radius 2 is 1.55 bits per heavy atom. The standard InChI is InChI=1S/C26H18F4O3/c1-15-22(21-11-6-18(27)13-24(21)23(15)14-25(31)32)12-16-2-7-19(8-3-16)33-20-9-4-17(5-10-20)26(28,29)30/h2-13H,14H2,1H3,(H,31,32)/b22-12-. The first kappa shape index (κ1) is 22.3. The van der Waals surface area contributed by atoms with Crippen LogP contribution in [0.3, 0.4) is 0 Å². The molecule has 4 rings (SSSR count). The molecule has 0 bridgehead atoms. The Labute approximate surface area is 187 Å². The molecule has 0 radical (unpaired) electrons. The van der Waals surface area contributed by atoms with Gasteiger partial charge in [-0.2, -0.15) is 13.2 Å². The molecule has 0 saturated carbocycles. The summed E-state index contributed by atoms with van der Waals surface area (Å²) in [7, 11) is 0. The number of hydrogen-bond acceptors (Lipinski definition) is 2. The van der Waals surface area contributed by atoms with E-state index in [-0.39, 0.29) is 12.2 Å². The van der Waals surface area contributed by atoms with E-state index in [0.717, 1.165) is 34.4 Å². The van der Waals surface area contributed by atoms with Crippen LogP contribution in [0.1, 0.15) is 35.6 Å². The molecule has 3 aromatic carbocycles. The van der Waals surface area contributed by atoms with Crippen LogP contribution in [-0.2, 0) is 11.0 Å². The van der Waals surface area contributed by atoms with Gasteiger partial charge in [0, 0.05) is 0 Å².